The number of halogens is 1. The van der Waals surface area contributed by atoms with Crippen molar-refractivity contribution in [3.8, 4) is 0 Å². The third-order valence-corrected chi connectivity index (χ3v) is 3.68. The Labute approximate surface area is 96.6 Å². The molecule has 1 aromatic carbocycles. The van der Waals surface area contributed by atoms with Gasteiger partial charge < -0.3 is 5.73 Å². The molecule has 1 fully saturated rings. The van der Waals surface area contributed by atoms with Gasteiger partial charge in [0.05, 0.1) is 0 Å². The number of hydrogen-bond acceptors (Lipinski definition) is 1. The second-order valence-corrected chi connectivity index (χ2v) is 5.18. The normalized spacial score (nSPS) is 31.5. The molecular weight excluding hydrogens is 206 g/mol. The Hall–Kier alpha value is -0.530. The molecule has 1 aliphatic rings. The Bertz CT molecular complexity index is 337. The maximum atomic E-state index is 6.18. The largest absolute Gasteiger partial charge is 0.327 e. The lowest BCUT2D eigenvalue weighted by molar-refractivity contribution is 0.306. The summed E-state index contributed by atoms with van der Waals surface area (Å²) in [7, 11) is 0. The molecule has 1 nitrogen and oxygen atoms in total. The number of benzene rings is 1. The number of nitrogens with two attached hydrogens (primary N) is 1. The fourth-order valence-electron chi connectivity index (χ4n) is 2.52. The second-order valence-electron chi connectivity index (χ2n) is 4.74. The number of hydrogen-bond donors (Lipinski definition) is 1. The highest BCUT2D eigenvalue weighted by Gasteiger charge is 2.27. The van der Waals surface area contributed by atoms with Crippen molar-refractivity contribution in [1.82, 2.24) is 0 Å². The molecule has 0 aromatic heterocycles. The molecule has 2 N–H and O–H groups in total. The van der Waals surface area contributed by atoms with E-state index in [9.17, 15) is 0 Å². The van der Waals surface area contributed by atoms with E-state index in [-0.39, 0.29) is 0 Å². The van der Waals surface area contributed by atoms with E-state index in [2.05, 4.69) is 19.1 Å². The first-order chi connectivity index (χ1) is 7.16. The minimum absolute atomic E-state index is 0.305. The van der Waals surface area contributed by atoms with E-state index in [4.69, 9.17) is 17.3 Å². The second kappa shape index (κ2) is 4.54. The van der Waals surface area contributed by atoms with Crippen molar-refractivity contribution in [2.45, 2.75) is 38.1 Å². The minimum atomic E-state index is 0.305. The van der Waals surface area contributed by atoms with Crippen molar-refractivity contribution < 1.29 is 0 Å². The topological polar surface area (TPSA) is 26.0 Å². The Morgan fingerprint density at radius 2 is 2.13 bits per heavy atom. The van der Waals surface area contributed by atoms with Crippen LogP contribution in [0.2, 0.25) is 5.02 Å². The lowest BCUT2D eigenvalue weighted by Crippen LogP contribution is -2.33. The zero-order valence-corrected chi connectivity index (χ0v) is 9.87. The summed E-state index contributed by atoms with van der Waals surface area (Å²) in [5.74, 6) is 1.28. The molecule has 0 bridgehead atoms. The molecule has 3 atom stereocenters. The predicted octanol–water partition coefficient (Wildman–Crippen LogP) is 3.57. The fourth-order valence-corrected chi connectivity index (χ4v) is 2.72. The van der Waals surface area contributed by atoms with Crippen molar-refractivity contribution in [3.05, 3.63) is 34.9 Å². The van der Waals surface area contributed by atoms with E-state index in [1.807, 2.05) is 12.1 Å². The lowest BCUT2D eigenvalue weighted by Gasteiger charge is -2.32. The average molecular weight is 224 g/mol. The van der Waals surface area contributed by atoms with Gasteiger partial charge in [-0.1, -0.05) is 30.7 Å². The average Bonchev–Trinajstić information content (AvgIpc) is 2.22. The molecule has 0 heterocycles. The van der Waals surface area contributed by atoms with Gasteiger partial charge in [-0.3, -0.25) is 0 Å². The SMILES string of the molecule is CC1CCC(N)C(c2cccc(Cl)c2)C1. The third kappa shape index (κ3) is 2.53. The fraction of sp³-hybridized carbons (Fsp3) is 0.538. The van der Waals surface area contributed by atoms with Crippen molar-refractivity contribution in [1.29, 1.82) is 0 Å². The highest BCUT2D eigenvalue weighted by atomic mass is 35.5. The monoisotopic (exact) mass is 223 g/mol. The summed E-state index contributed by atoms with van der Waals surface area (Å²) in [5, 5.41) is 0.818. The van der Waals surface area contributed by atoms with Gasteiger partial charge in [0.25, 0.3) is 0 Å². The van der Waals surface area contributed by atoms with E-state index in [0.29, 0.717) is 12.0 Å². The summed E-state index contributed by atoms with van der Waals surface area (Å²) in [5.41, 5.74) is 7.49. The van der Waals surface area contributed by atoms with E-state index >= 15 is 0 Å². The van der Waals surface area contributed by atoms with Gasteiger partial charge in [0.15, 0.2) is 0 Å². The van der Waals surface area contributed by atoms with Crippen LogP contribution in [-0.2, 0) is 0 Å². The molecule has 82 valence electrons. The van der Waals surface area contributed by atoms with E-state index in [0.717, 1.165) is 17.4 Å². The smallest absolute Gasteiger partial charge is 0.0408 e. The summed E-state index contributed by atoms with van der Waals surface area (Å²) in [4.78, 5) is 0. The highest BCUT2D eigenvalue weighted by Crippen LogP contribution is 2.35. The molecular formula is C13H18ClN. The molecule has 0 amide bonds. The van der Waals surface area contributed by atoms with Gasteiger partial charge in [-0.25, -0.2) is 0 Å². The van der Waals surface area contributed by atoms with Crippen molar-refractivity contribution in [2.24, 2.45) is 11.7 Å². The van der Waals surface area contributed by atoms with Gasteiger partial charge in [0.2, 0.25) is 0 Å². The molecule has 3 unspecified atom stereocenters. The maximum Gasteiger partial charge on any atom is 0.0408 e. The molecule has 1 aromatic rings. The molecule has 0 spiro atoms. The van der Waals surface area contributed by atoms with Gasteiger partial charge >= 0.3 is 0 Å². The first-order valence-electron chi connectivity index (χ1n) is 5.68. The van der Waals surface area contributed by atoms with Crippen LogP contribution in [0.5, 0.6) is 0 Å². The molecule has 2 heteroatoms. The Morgan fingerprint density at radius 3 is 2.87 bits per heavy atom. The molecule has 0 saturated heterocycles. The Kier molecular flexibility index (Phi) is 3.32. The molecule has 2 rings (SSSR count). The van der Waals surface area contributed by atoms with Crippen LogP contribution in [0, 0.1) is 5.92 Å². The third-order valence-electron chi connectivity index (χ3n) is 3.44. The zero-order chi connectivity index (χ0) is 10.8. The van der Waals surface area contributed by atoms with Crippen LogP contribution in [0.1, 0.15) is 37.7 Å². The molecule has 0 aliphatic heterocycles. The summed E-state index contributed by atoms with van der Waals surface area (Å²) < 4.78 is 0. The number of rotatable bonds is 1. The van der Waals surface area contributed by atoms with E-state index in [1.165, 1.54) is 18.4 Å². The van der Waals surface area contributed by atoms with Crippen LogP contribution in [0.15, 0.2) is 24.3 Å². The van der Waals surface area contributed by atoms with Gasteiger partial charge in [-0.05, 0) is 48.8 Å². The van der Waals surface area contributed by atoms with Crippen LogP contribution < -0.4 is 5.73 Å². The molecule has 1 aliphatic carbocycles. The van der Waals surface area contributed by atoms with Gasteiger partial charge in [-0.15, -0.1) is 0 Å². The summed E-state index contributed by atoms with van der Waals surface area (Å²) >= 11 is 6.01. The van der Waals surface area contributed by atoms with Crippen molar-refractivity contribution in [3.63, 3.8) is 0 Å². The molecule has 1 saturated carbocycles. The van der Waals surface area contributed by atoms with Crippen LogP contribution in [0.3, 0.4) is 0 Å². The lowest BCUT2D eigenvalue weighted by atomic mass is 9.76. The van der Waals surface area contributed by atoms with Crippen LogP contribution in [0.25, 0.3) is 0 Å². The van der Waals surface area contributed by atoms with Crippen molar-refractivity contribution >= 4 is 11.6 Å². The predicted molar refractivity (Wildman–Crippen MR) is 65.2 cm³/mol. The minimum Gasteiger partial charge on any atom is -0.327 e. The Balaban J connectivity index is 2.21. The van der Waals surface area contributed by atoms with Crippen LogP contribution >= 0.6 is 11.6 Å². The van der Waals surface area contributed by atoms with Gasteiger partial charge in [-0.2, -0.15) is 0 Å². The first kappa shape index (κ1) is 11.0. The van der Waals surface area contributed by atoms with Crippen LogP contribution in [-0.4, -0.2) is 6.04 Å². The van der Waals surface area contributed by atoms with Crippen LogP contribution in [0.4, 0.5) is 0 Å². The molecule has 15 heavy (non-hydrogen) atoms. The zero-order valence-electron chi connectivity index (χ0n) is 9.12. The quantitative estimate of drug-likeness (QED) is 0.774. The highest BCUT2D eigenvalue weighted by molar-refractivity contribution is 6.30. The summed E-state index contributed by atoms with van der Waals surface area (Å²) in [6.07, 6.45) is 3.60. The van der Waals surface area contributed by atoms with E-state index < -0.39 is 0 Å². The van der Waals surface area contributed by atoms with Gasteiger partial charge in [0.1, 0.15) is 0 Å². The molecule has 0 radical (unpaired) electrons. The Morgan fingerprint density at radius 1 is 1.33 bits per heavy atom. The van der Waals surface area contributed by atoms with Gasteiger partial charge in [0, 0.05) is 11.1 Å². The summed E-state index contributed by atoms with van der Waals surface area (Å²) in [6.45, 7) is 2.31. The van der Waals surface area contributed by atoms with Crippen molar-refractivity contribution in [2.75, 3.05) is 0 Å². The first-order valence-corrected chi connectivity index (χ1v) is 6.05. The summed E-state index contributed by atoms with van der Waals surface area (Å²) in [6, 6.07) is 8.45. The standard InChI is InChI=1S/C13H18ClN/c1-9-5-6-13(15)12(7-9)10-3-2-4-11(14)8-10/h2-4,8-9,12-13H,5-7,15H2,1H3. The van der Waals surface area contributed by atoms with E-state index in [1.54, 1.807) is 0 Å². The maximum absolute atomic E-state index is 6.18.